The van der Waals surface area contributed by atoms with E-state index in [0.717, 1.165) is 38.8 Å². The third kappa shape index (κ3) is 6.93. The first-order valence-electron chi connectivity index (χ1n) is 7.83. The van der Waals surface area contributed by atoms with Crippen LogP contribution in [0.3, 0.4) is 0 Å². The van der Waals surface area contributed by atoms with E-state index in [1.54, 1.807) is 12.1 Å². The second-order valence-corrected chi connectivity index (χ2v) is 5.79. The Bertz CT molecular complexity index is 351. The summed E-state index contributed by atoms with van der Waals surface area (Å²) in [6.45, 7) is 6.12. The predicted molar refractivity (Wildman–Crippen MR) is 85.1 cm³/mol. The number of likely N-dealkylation sites (tertiary alicyclic amines) is 1. The van der Waals surface area contributed by atoms with Crippen molar-refractivity contribution < 1.29 is 15.3 Å². The Kier molecular flexibility index (Phi) is 8.35. The third-order valence-corrected chi connectivity index (χ3v) is 3.99. The standard InChI is InChI=1S/C10H21NO2.C7H8O/c1-2-3-10(13)9-4-6-11(8-12)7-5-9;1-6-2-4-7(8)5-3-6/h9-10,12-13H,2-8H2,1H3;2-5,8H,1H3. The number of aliphatic hydroxyl groups is 2. The van der Waals surface area contributed by atoms with Gasteiger partial charge in [-0.15, -0.1) is 0 Å². The molecule has 1 aliphatic rings. The molecular formula is C17H29NO3. The van der Waals surface area contributed by atoms with Gasteiger partial charge in [0.2, 0.25) is 0 Å². The Morgan fingerprint density at radius 1 is 1.19 bits per heavy atom. The normalized spacial score (nSPS) is 17.9. The summed E-state index contributed by atoms with van der Waals surface area (Å²) in [5.41, 5.74) is 1.17. The Balaban J connectivity index is 0.000000235. The van der Waals surface area contributed by atoms with Crippen molar-refractivity contribution in [2.45, 2.75) is 45.6 Å². The maximum Gasteiger partial charge on any atom is 0.115 e. The SMILES string of the molecule is CCCC(O)C1CCN(CO)CC1.Cc1ccc(O)cc1. The molecule has 2 rings (SSSR count). The second kappa shape index (κ2) is 9.77. The van der Waals surface area contributed by atoms with Crippen LogP contribution in [0, 0.1) is 12.8 Å². The Morgan fingerprint density at radius 3 is 2.19 bits per heavy atom. The number of aryl methyl sites for hydroxylation is 1. The fraction of sp³-hybridized carbons (Fsp3) is 0.647. The quantitative estimate of drug-likeness (QED) is 0.798. The number of hydrogen-bond donors (Lipinski definition) is 3. The Labute approximate surface area is 128 Å². The van der Waals surface area contributed by atoms with Crippen molar-refractivity contribution >= 4 is 0 Å². The van der Waals surface area contributed by atoms with Gasteiger partial charge < -0.3 is 15.3 Å². The van der Waals surface area contributed by atoms with Crippen molar-refractivity contribution in [3.63, 3.8) is 0 Å². The van der Waals surface area contributed by atoms with Gasteiger partial charge in [-0.3, -0.25) is 4.90 Å². The zero-order valence-electron chi connectivity index (χ0n) is 13.2. The summed E-state index contributed by atoms with van der Waals surface area (Å²) in [6, 6.07) is 7.09. The zero-order valence-corrected chi connectivity index (χ0v) is 13.2. The maximum absolute atomic E-state index is 9.75. The van der Waals surface area contributed by atoms with Crippen LogP contribution < -0.4 is 0 Å². The summed E-state index contributed by atoms with van der Waals surface area (Å²) in [6.07, 6.45) is 3.92. The van der Waals surface area contributed by atoms with E-state index in [2.05, 4.69) is 6.92 Å². The molecule has 1 fully saturated rings. The van der Waals surface area contributed by atoms with Gasteiger partial charge >= 0.3 is 0 Å². The van der Waals surface area contributed by atoms with Crippen LogP contribution in [-0.4, -0.2) is 46.1 Å². The molecule has 0 aromatic heterocycles. The van der Waals surface area contributed by atoms with Gasteiger partial charge in [0, 0.05) is 13.1 Å². The highest BCUT2D eigenvalue weighted by atomic mass is 16.3. The second-order valence-electron chi connectivity index (χ2n) is 5.79. The van der Waals surface area contributed by atoms with E-state index >= 15 is 0 Å². The molecule has 1 heterocycles. The molecule has 0 radical (unpaired) electrons. The van der Waals surface area contributed by atoms with Crippen LogP contribution in [-0.2, 0) is 0 Å². The number of rotatable bonds is 4. The number of aromatic hydroxyl groups is 1. The fourth-order valence-corrected chi connectivity index (χ4v) is 2.56. The van der Waals surface area contributed by atoms with E-state index in [4.69, 9.17) is 10.2 Å². The number of phenols is 1. The number of benzene rings is 1. The third-order valence-electron chi connectivity index (χ3n) is 3.99. The molecule has 1 atom stereocenters. The van der Waals surface area contributed by atoms with Gasteiger partial charge in [0.25, 0.3) is 0 Å². The van der Waals surface area contributed by atoms with Gasteiger partial charge in [-0.25, -0.2) is 0 Å². The summed E-state index contributed by atoms with van der Waals surface area (Å²) in [5.74, 6) is 0.790. The van der Waals surface area contributed by atoms with Gasteiger partial charge in [0.15, 0.2) is 0 Å². The molecule has 1 aromatic carbocycles. The number of aliphatic hydroxyl groups excluding tert-OH is 2. The van der Waals surface area contributed by atoms with Gasteiger partial charge in [0.05, 0.1) is 12.8 Å². The lowest BCUT2D eigenvalue weighted by Gasteiger charge is -2.32. The van der Waals surface area contributed by atoms with Crippen LogP contribution in [0.5, 0.6) is 5.75 Å². The molecule has 1 saturated heterocycles. The van der Waals surface area contributed by atoms with Crippen LogP contribution >= 0.6 is 0 Å². The zero-order chi connectivity index (χ0) is 15.7. The van der Waals surface area contributed by atoms with Crippen molar-refractivity contribution in [2.75, 3.05) is 19.8 Å². The van der Waals surface area contributed by atoms with E-state index in [-0.39, 0.29) is 12.8 Å². The van der Waals surface area contributed by atoms with E-state index in [1.165, 1.54) is 5.56 Å². The molecule has 0 aliphatic carbocycles. The first kappa shape index (κ1) is 18.0. The average Bonchev–Trinajstić information content (AvgIpc) is 2.51. The van der Waals surface area contributed by atoms with E-state index in [1.807, 2.05) is 24.0 Å². The summed E-state index contributed by atoms with van der Waals surface area (Å²) >= 11 is 0. The number of piperidine rings is 1. The lowest BCUT2D eigenvalue weighted by molar-refractivity contribution is 0.0233. The van der Waals surface area contributed by atoms with Crippen LogP contribution in [0.4, 0.5) is 0 Å². The lowest BCUT2D eigenvalue weighted by atomic mass is 9.89. The van der Waals surface area contributed by atoms with E-state index in [0.29, 0.717) is 11.7 Å². The minimum Gasteiger partial charge on any atom is -0.508 e. The van der Waals surface area contributed by atoms with E-state index in [9.17, 15) is 5.11 Å². The molecule has 0 spiro atoms. The predicted octanol–water partition coefficient (Wildman–Crippen LogP) is 2.51. The van der Waals surface area contributed by atoms with Crippen molar-refractivity contribution in [3.05, 3.63) is 29.8 Å². The highest BCUT2D eigenvalue weighted by Crippen LogP contribution is 2.22. The summed E-state index contributed by atoms with van der Waals surface area (Å²) in [4.78, 5) is 2.02. The highest BCUT2D eigenvalue weighted by Gasteiger charge is 2.23. The van der Waals surface area contributed by atoms with Crippen LogP contribution in [0.25, 0.3) is 0 Å². The molecule has 1 unspecified atom stereocenters. The molecule has 120 valence electrons. The first-order chi connectivity index (χ1) is 10.1. The van der Waals surface area contributed by atoms with Crippen molar-refractivity contribution in [3.8, 4) is 5.75 Å². The minimum atomic E-state index is -0.120. The van der Waals surface area contributed by atoms with Gasteiger partial charge in [-0.1, -0.05) is 31.0 Å². The van der Waals surface area contributed by atoms with Crippen molar-refractivity contribution in [1.82, 2.24) is 4.90 Å². The molecule has 1 aliphatic heterocycles. The van der Waals surface area contributed by atoms with Crippen molar-refractivity contribution in [1.29, 1.82) is 0 Å². The highest BCUT2D eigenvalue weighted by molar-refractivity contribution is 5.24. The number of nitrogens with zero attached hydrogens (tertiary/aromatic N) is 1. The van der Waals surface area contributed by atoms with Gasteiger partial charge in [-0.2, -0.15) is 0 Å². The fourth-order valence-electron chi connectivity index (χ4n) is 2.56. The van der Waals surface area contributed by atoms with Crippen LogP contribution in [0.2, 0.25) is 0 Å². The Morgan fingerprint density at radius 2 is 1.76 bits per heavy atom. The molecule has 1 aromatic rings. The van der Waals surface area contributed by atoms with Gasteiger partial charge in [0.1, 0.15) is 5.75 Å². The first-order valence-corrected chi connectivity index (χ1v) is 7.83. The molecule has 0 saturated carbocycles. The van der Waals surface area contributed by atoms with Crippen LogP contribution in [0.15, 0.2) is 24.3 Å². The number of phenolic OH excluding ortho intramolecular Hbond substituents is 1. The van der Waals surface area contributed by atoms with Crippen LogP contribution in [0.1, 0.15) is 38.2 Å². The monoisotopic (exact) mass is 295 g/mol. The number of hydrogen-bond acceptors (Lipinski definition) is 4. The average molecular weight is 295 g/mol. The maximum atomic E-state index is 9.75. The minimum absolute atomic E-state index is 0.120. The molecule has 4 heteroatoms. The summed E-state index contributed by atoms with van der Waals surface area (Å²) in [5, 5.41) is 27.4. The Hall–Kier alpha value is -1.10. The van der Waals surface area contributed by atoms with Crippen molar-refractivity contribution in [2.24, 2.45) is 5.92 Å². The summed E-state index contributed by atoms with van der Waals surface area (Å²) < 4.78 is 0. The van der Waals surface area contributed by atoms with Gasteiger partial charge in [-0.05, 0) is 44.2 Å². The molecule has 4 nitrogen and oxygen atoms in total. The van der Waals surface area contributed by atoms with E-state index < -0.39 is 0 Å². The molecule has 3 N–H and O–H groups in total. The largest absolute Gasteiger partial charge is 0.508 e. The topological polar surface area (TPSA) is 63.9 Å². The molecule has 0 bridgehead atoms. The molecule has 21 heavy (non-hydrogen) atoms. The molecule has 0 amide bonds. The smallest absolute Gasteiger partial charge is 0.115 e. The lowest BCUT2D eigenvalue weighted by Crippen LogP contribution is -2.38. The summed E-state index contributed by atoms with van der Waals surface area (Å²) in [7, 11) is 0. The molecular weight excluding hydrogens is 266 g/mol.